The Balaban J connectivity index is 1.58. The Labute approximate surface area is 147 Å². The van der Waals surface area contributed by atoms with Crippen molar-refractivity contribution in [3.63, 3.8) is 0 Å². The lowest BCUT2D eigenvalue weighted by Crippen LogP contribution is -2.34. The monoisotopic (exact) mass is 338 g/mol. The van der Waals surface area contributed by atoms with Gasteiger partial charge in [0.15, 0.2) is 0 Å². The highest BCUT2D eigenvalue weighted by Gasteiger charge is 2.16. The van der Waals surface area contributed by atoms with Gasteiger partial charge in [0, 0.05) is 36.6 Å². The molecule has 3 N–H and O–H groups in total. The molecule has 2 aromatic carbocycles. The molecule has 1 aliphatic rings. The minimum absolute atomic E-state index is 0.0315. The van der Waals surface area contributed by atoms with Crippen molar-refractivity contribution in [2.24, 2.45) is 0 Å². The first kappa shape index (κ1) is 17.0. The van der Waals surface area contributed by atoms with Crippen LogP contribution in [0.4, 0.5) is 16.2 Å². The number of benzene rings is 2. The van der Waals surface area contributed by atoms with Gasteiger partial charge in [0.05, 0.1) is 0 Å². The average molecular weight is 338 g/mol. The summed E-state index contributed by atoms with van der Waals surface area (Å²) < 4.78 is 0. The van der Waals surface area contributed by atoms with Crippen molar-refractivity contribution in [2.45, 2.75) is 6.42 Å². The zero-order valence-electron chi connectivity index (χ0n) is 14.0. The number of nitrogens with zero attached hydrogens (tertiary/aromatic N) is 1. The van der Waals surface area contributed by atoms with E-state index in [1.54, 1.807) is 24.3 Å². The molecule has 1 saturated heterocycles. The van der Waals surface area contributed by atoms with Crippen LogP contribution >= 0.6 is 0 Å². The largest absolute Gasteiger partial charge is 0.337 e. The molecule has 0 radical (unpaired) electrons. The van der Waals surface area contributed by atoms with Crippen molar-refractivity contribution in [2.75, 3.05) is 36.8 Å². The summed E-state index contributed by atoms with van der Waals surface area (Å²) in [5.41, 5.74) is 2.00. The van der Waals surface area contributed by atoms with E-state index in [1.165, 1.54) is 0 Å². The van der Waals surface area contributed by atoms with Gasteiger partial charge in [-0.05, 0) is 49.4 Å². The van der Waals surface area contributed by atoms with Crippen molar-refractivity contribution in [3.05, 3.63) is 60.2 Å². The fraction of sp³-hybridized carbons (Fsp3) is 0.263. The van der Waals surface area contributed by atoms with Crippen molar-refractivity contribution in [3.8, 4) is 0 Å². The molecule has 0 atom stereocenters. The molecule has 2 aromatic rings. The number of rotatable bonds is 3. The highest BCUT2D eigenvalue weighted by molar-refractivity contribution is 6.00. The first-order chi connectivity index (χ1) is 12.2. The molecule has 1 heterocycles. The smallest absolute Gasteiger partial charge is 0.323 e. The van der Waals surface area contributed by atoms with E-state index in [0.29, 0.717) is 11.3 Å². The van der Waals surface area contributed by atoms with Crippen LogP contribution in [-0.4, -0.2) is 43.0 Å². The zero-order chi connectivity index (χ0) is 17.5. The van der Waals surface area contributed by atoms with Gasteiger partial charge >= 0.3 is 6.03 Å². The van der Waals surface area contributed by atoms with E-state index in [0.717, 1.165) is 38.3 Å². The molecule has 0 bridgehead atoms. The minimum atomic E-state index is -0.316. The lowest BCUT2D eigenvalue weighted by atomic mass is 10.1. The first-order valence-corrected chi connectivity index (χ1v) is 8.45. The van der Waals surface area contributed by atoms with E-state index in [9.17, 15) is 9.59 Å². The fourth-order valence-electron chi connectivity index (χ4n) is 2.74. The minimum Gasteiger partial charge on any atom is -0.337 e. The van der Waals surface area contributed by atoms with Crippen LogP contribution in [0, 0.1) is 0 Å². The third-order valence-electron chi connectivity index (χ3n) is 4.05. The van der Waals surface area contributed by atoms with Crippen molar-refractivity contribution < 1.29 is 9.59 Å². The highest BCUT2D eigenvalue weighted by Crippen LogP contribution is 2.13. The second kappa shape index (κ2) is 8.30. The van der Waals surface area contributed by atoms with Crippen molar-refractivity contribution in [1.29, 1.82) is 0 Å². The first-order valence-electron chi connectivity index (χ1n) is 8.45. The van der Waals surface area contributed by atoms with Gasteiger partial charge in [0.1, 0.15) is 0 Å². The quantitative estimate of drug-likeness (QED) is 0.806. The van der Waals surface area contributed by atoms with Crippen LogP contribution in [-0.2, 0) is 0 Å². The summed E-state index contributed by atoms with van der Waals surface area (Å²) in [5, 5.41) is 8.80. The van der Waals surface area contributed by atoms with E-state index in [2.05, 4.69) is 16.0 Å². The molecular formula is C19H22N4O2. The summed E-state index contributed by atoms with van der Waals surface area (Å²) >= 11 is 0. The van der Waals surface area contributed by atoms with Gasteiger partial charge < -0.3 is 20.9 Å². The summed E-state index contributed by atoms with van der Waals surface area (Å²) in [7, 11) is 0. The van der Waals surface area contributed by atoms with Crippen LogP contribution in [0.15, 0.2) is 54.6 Å². The van der Waals surface area contributed by atoms with Gasteiger partial charge in [-0.15, -0.1) is 0 Å². The molecule has 0 aromatic heterocycles. The number of carbonyl (C=O) groups excluding carboxylic acids is 2. The molecule has 25 heavy (non-hydrogen) atoms. The Morgan fingerprint density at radius 2 is 1.52 bits per heavy atom. The van der Waals surface area contributed by atoms with Crippen LogP contribution in [0.1, 0.15) is 16.8 Å². The molecule has 0 aliphatic carbocycles. The number of para-hydroxylation sites is 1. The highest BCUT2D eigenvalue weighted by atomic mass is 16.2. The van der Waals surface area contributed by atoms with E-state index in [-0.39, 0.29) is 11.9 Å². The molecule has 1 aliphatic heterocycles. The number of carbonyl (C=O) groups is 2. The molecule has 6 nitrogen and oxygen atoms in total. The molecule has 0 unspecified atom stereocenters. The van der Waals surface area contributed by atoms with Crippen LogP contribution in [0.2, 0.25) is 0 Å². The molecule has 1 fully saturated rings. The fourth-order valence-corrected chi connectivity index (χ4v) is 2.74. The molecule has 3 amide bonds. The number of hydrogen-bond acceptors (Lipinski definition) is 3. The zero-order valence-corrected chi connectivity index (χ0v) is 14.0. The molecule has 3 rings (SSSR count). The average Bonchev–Trinajstić information content (AvgIpc) is 2.92. The predicted molar refractivity (Wildman–Crippen MR) is 98.9 cm³/mol. The summed E-state index contributed by atoms with van der Waals surface area (Å²) in [6.07, 6.45) is 0.963. The van der Waals surface area contributed by atoms with Crippen LogP contribution < -0.4 is 16.0 Å². The molecular weight excluding hydrogens is 316 g/mol. The molecule has 0 saturated carbocycles. The maximum atomic E-state index is 12.5. The van der Waals surface area contributed by atoms with Gasteiger partial charge in [0.2, 0.25) is 0 Å². The second-order valence-corrected chi connectivity index (χ2v) is 5.92. The number of nitrogens with one attached hydrogen (secondary N) is 3. The van der Waals surface area contributed by atoms with Gasteiger partial charge in [-0.2, -0.15) is 0 Å². The number of hydrogen-bond donors (Lipinski definition) is 3. The third kappa shape index (κ3) is 4.81. The molecule has 130 valence electrons. The SMILES string of the molecule is O=C(Nc1ccccc1)Nc1ccc(C(=O)N2CCCNCC2)cc1. The van der Waals surface area contributed by atoms with Gasteiger partial charge in [-0.3, -0.25) is 4.79 Å². The lowest BCUT2D eigenvalue weighted by Gasteiger charge is -2.20. The van der Waals surface area contributed by atoms with Crippen molar-refractivity contribution in [1.82, 2.24) is 10.2 Å². The summed E-state index contributed by atoms with van der Waals surface area (Å²) in [5.74, 6) is 0.0315. The summed E-state index contributed by atoms with van der Waals surface area (Å²) in [6.45, 7) is 3.26. The van der Waals surface area contributed by atoms with Gasteiger partial charge in [-0.25, -0.2) is 4.79 Å². The van der Waals surface area contributed by atoms with Crippen LogP contribution in [0.5, 0.6) is 0 Å². The standard InChI is InChI=1S/C19H22N4O2/c24-18(23-13-4-11-20-12-14-23)15-7-9-17(10-8-15)22-19(25)21-16-5-2-1-3-6-16/h1-3,5-10,20H,4,11-14H2,(H2,21,22,25). The molecule has 6 heteroatoms. The number of amides is 3. The lowest BCUT2D eigenvalue weighted by molar-refractivity contribution is 0.0766. The number of anilines is 2. The van der Waals surface area contributed by atoms with Gasteiger partial charge in [-0.1, -0.05) is 18.2 Å². The Hall–Kier alpha value is -2.86. The van der Waals surface area contributed by atoms with Crippen LogP contribution in [0.25, 0.3) is 0 Å². The Morgan fingerprint density at radius 3 is 2.24 bits per heavy atom. The summed E-state index contributed by atoms with van der Waals surface area (Å²) in [6, 6.07) is 15.9. The van der Waals surface area contributed by atoms with Crippen molar-refractivity contribution >= 4 is 23.3 Å². The Kier molecular flexibility index (Phi) is 5.64. The third-order valence-corrected chi connectivity index (χ3v) is 4.05. The van der Waals surface area contributed by atoms with E-state index < -0.39 is 0 Å². The number of urea groups is 1. The Bertz CT molecular complexity index is 708. The maximum absolute atomic E-state index is 12.5. The second-order valence-electron chi connectivity index (χ2n) is 5.92. The normalized spacial score (nSPS) is 14.5. The topological polar surface area (TPSA) is 73.5 Å². The van der Waals surface area contributed by atoms with E-state index in [1.807, 2.05) is 35.2 Å². The van der Waals surface area contributed by atoms with E-state index in [4.69, 9.17) is 0 Å². The Morgan fingerprint density at radius 1 is 0.840 bits per heavy atom. The van der Waals surface area contributed by atoms with Gasteiger partial charge in [0.25, 0.3) is 5.91 Å². The maximum Gasteiger partial charge on any atom is 0.323 e. The predicted octanol–water partition coefficient (Wildman–Crippen LogP) is 2.77. The molecule has 0 spiro atoms. The van der Waals surface area contributed by atoms with Crippen LogP contribution in [0.3, 0.4) is 0 Å². The van der Waals surface area contributed by atoms with E-state index >= 15 is 0 Å². The summed E-state index contributed by atoms with van der Waals surface area (Å²) in [4.78, 5) is 26.4.